The molecule has 0 spiro atoms. The molecule has 1 fully saturated rings. The van der Waals surface area contributed by atoms with Gasteiger partial charge in [0.25, 0.3) is 11.8 Å². The van der Waals surface area contributed by atoms with Crippen molar-refractivity contribution in [2.75, 3.05) is 24.1 Å². The smallest absolute Gasteiger partial charge is 0.272 e. The van der Waals surface area contributed by atoms with Crippen LogP contribution in [-0.2, 0) is 14.4 Å². The van der Waals surface area contributed by atoms with Gasteiger partial charge in [0.05, 0.1) is 23.1 Å². The third-order valence-corrected chi connectivity index (χ3v) is 8.88. The molecule has 238 valence electrons. The van der Waals surface area contributed by atoms with Crippen molar-refractivity contribution in [1.29, 1.82) is 0 Å². The Morgan fingerprint density at radius 2 is 1.79 bits per heavy atom. The summed E-state index contributed by atoms with van der Waals surface area (Å²) in [5.41, 5.74) is 1.45. The first kappa shape index (κ1) is 32.0. The van der Waals surface area contributed by atoms with Crippen LogP contribution in [0.1, 0.15) is 22.3 Å². The molecule has 2 N–H and O–H groups in total. The number of benzene rings is 4. The molecule has 2 aliphatic heterocycles. The molecule has 2 heterocycles. The zero-order valence-corrected chi connectivity index (χ0v) is 26.9. The number of carbonyl (C=O) groups is 4. The van der Waals surface area contributed by atoms with Crippen LogP contribution in [0.25, 0.3) is 6.08 Å². The van der Waals surface area contributed by atoms with Crippen LogP contribution in [0.2, 0.25) is 10.0 Å². The minimum absolute atomic E-state index is 0.0261. The number of ether oxygens (including phenoxy) is 3. The van der Waals surface area contributed by atoms with Gasteiger partial charge in [0.2, 0.25) is 24.4 Å². The molecule has 10 nitrogen and oxygen atoms in total. The first-order valence-corrected chi connectivity index (χ1v) is 15.8. The molecule has 0 saturated carbocycles. The number of nitrogens with zero attached hydrogens (tertiary/aromatic N) is 1. The second kappa shape index (κ2) is 13.8. The van der Waals surface area contributed by atoms with Gasteiger partial charge in [-0.05, 0) is 72.3 Å². The summed E-state index contributed by atoms with van der Waals surface area (Å²) >= 11 is 13.5. The van der Waals surface area contributed by atoms with E-state index in [1.54, 1.807) is 72.8 Å². The summed E-state index contributed by atoms with van der Waals surface area (Å²) < 4.78 is 16.4. The molecule has 4 aromatic rings. The maximum atomic E-state index is 13.7. The summed E-state index contributed by atoms with van der Waals surface area (Å²) in [5.74, 6) is -0.636. The molecular weight excluding hydrogens is 665 g/mol. The highest BCUT2D eigenvalue weighted by Gasteiger charge is 2.41. The zero-order chi connectivity index (χ0) is 33.1. The van der Waals surface area contributed by atoms with Crippen molar-refractivity contribution in [2.45, 2.75) is 16.6 Å². The number of thioether (sulfide) groups is 1. The number of hydrogen-bond acceptors (Lipinski definition) is 8. The number of rotatable bonds is 9. The third kappa shape index (κ3) is 7.07. The Morgan fingerprint density at radius 1 is 0.979 bits per heavy atom. The highest BCUT2D eigenvalue weighted by Crippen LogP contribution is 2.42. The Hall–Kier alpha value is -4.97. The van der Waals surface area contributed by atoms with Crippen molar-refractivity contribution >= 4 is 76.0 Å². The van der Waals surface area contributed by atoms with Crippen molar-refractivity contribution in [3.05, 3.63) is 112 Å². The highest BCUT2D eigenvalue weighted by atomic mass is 35.5. The molecule has 1 unspecified atom stereocenters. The molecule has 13 heteroatoms. The van der Waals surface area contributed by atoms with Gasteiger partial charge in [-0.1, -0.05) is 47.5 Å². The first-order valence-electron chi connectivity index (χ1n) is 14.2. The lowest BCUT2D eigenvalue weighted by atomic mass is 10.1. The van der Waals surface area contributed by atoms with Crippen LogP contribution in [0.4, 0.5) is 11.4 Å². The van der Waals surface area contributed by atoms with E-state index < -0.39 is 28.9 Å². The van der Waals surface area contributed by atoms with Gasteiger partial charge >= 0.3 is 0 Å². The average molecular weight is 691 g/mol. The standard InChI is InChI=1S/C34H25Cl2N3O7S/c1-44-27-13-19(14-28-31(27)46-18-45-28)12-25(38-32(41)20-6-3-2-4-7-20)33(42)37-22-8-5-9-23(16-22)47-29-17-30(40)39(34(29)43)26-15-21(35)10-11-24(26)36/h2-16,29H,17-18H2,1H3,(H,37,42)(H,38,41)/b25-12-. The van der Waals surface area contributed by atoms with Crippen molar-refractivity contribution in [3.63, 3.8) is 0 Å². The Labute approximate surface area is 283 Å². The highest BCUT2D eigenvalue weighted by molar-refractivity contribution is 8.00. The Morgan fingerprint density at radius 3 is 2.57 bits per heavy atom. The Kier molecular flexibility index (Phi) is 9.39. The summed E-state index contributed by atoms with van der Waals surface area (Å²) in [7, 11) is 1.49. The lowest BCUT2D eigenvalue weighted by Crippen LogP contribution is -2.31. The van der Waals surface area contributed by atoms with Crippen molar-refractivity contribution in [3.8, 4) is 17.2 Å². The quantitative estimate of drug-likeness (QED) is 0.150. The lowest BCUT2D eigenvalue weighted by molar-refractivity contribution is -0.121. The largest absolute Gasteiger partial charge is 0.493 e. The molecule has 0 bridgehead atoms. The van der Waals surface area contributed by atoms with Crippen LogP contribution in [0.15, 0.2) is 95.5 Å². The summed E-state index contributed by atoms with van der Waals surface area (Å²) in [5, 5.41) is 5.38. The number of imide groups is 1. The van der Waals surface area contributed by atoms with E-state index in [4.69, 9.17) is 37.4 Å². The van der Waals surface area contributed by atoms with Gasteiger partial charge in [0, 0.05) is 27.6 Å². The maximum absolute atomic E-state index is 13.7. The van der Waals surface area contributed by atoms with Gasteiger partial charge in [-0.15, -0.1) is 11.8 Å². The SMILES string of the molecule is COc1cc(/C=C(\NC(=O)c2ccccc2)C(=O)Nc2cccc(SC3CC(=O)N(c4cc(Cl)ccc4Cl)C3=O)c2)cc2c1OCO2. The van der Waals surface area contributed by atoms with Crippen LogP contribution < -0.4 is 29.7 Å². The number of nitrogens with one attached hydrogen (secondary N) is 2. The molecule has 0 aliphatic carbocycles. The minimum Gasteiger partial charge on any atom is -0.493 e. The molecule has 4 amide bonds. The number of carbonyl (C=O) groups excluding carboxylic acids is 4. The molecular formula is C34H25Cl2N3O7S. The molecule has 6 rings (SSSR count). The van der Waals surface area contributed by atoms with Crippen molar-refractivity contribution in [2.24, 2.45) is 0 Å². The number of halogens is 2. The normalized spacial score (nSPS) is 15.5. The van der Waals surface area contributed by atoms with Crippen molar-refractivity contribution < 1.29 is 33.4 Å². The van der Waals surface area contributed by atoms with E-state index in [0.29, 0.717) is 44.0 Å². The fraction of sp³-hybridized carbons (Fsp3) is 0.118. The van der Waals surface area contributed by atoms with Gasteiger partial charge < -0.3 is 24.8 Å². The van der Waals surface area contributed by atoms with Gasteiger partial charge in [0.15, 0.2) is 11.5 Å². The summed E-state index contributed by atoms with van der Waals surface area (Å²) in [6.07, 6.45) is 1.46. The van der Waals surface area contributed by atoms with Crippen LogP contribution >= 0.6 is 35.0 Å². The van der Waals surface area contributed by atoms with E-state index in [0.717, 1.165) is 4.90 Å². The van der Waals surface area contributed by atoms with Gasteiger partial charge in [0.1, 0.15) is 5.70 Å². The molecule has 0 aromatic heterocycles. The third-order valence-electron chi connectivity index (χ3n) is 7.15. The van der Waals surface area contributed by atoms with Crippen molar-refractivity contribution in [1.82, 2.24) is 5.32 Å². The van der Waals surface area contributed by atoms with Gasteiger partial charge in [-0.25, -0.2) is 4.90 Å². The Balaban J connectivity index is 1.23. The number of hydrogen-bond donors (Lipinski definition) is 2. The van der Waals surface area contributed by atoms with E-state index in [2.05, 4.69) is 10.6 Å². The molecule has 1 saturated heterocycles. The average Bonchev–Trinajstić information content (AvgIpc) is 3.65. The Bertz CT molecular complexity index is 1940. The summed E-state index contributed by atoms with van der Waals surface area (Å²) in [4.78, 5) is 54.6. The topological polar surface area (TPSA) is 123 Å². The van der Waals surface area contributed by atoms with E-state index in [1.807, 2.05) is 0 Å². The molecule has 1 atom stereocenters. The predicted octanol–water partition coefficient (Wildman–Crippen LogP) is 6.56. The maximum Gasteiger partial charge on any atom is 0.272 e. The fourth-order valence-electron chi connectivity index (χ4n) is 4.96. The van der Waals surface area contributed by atoms with E-state index in [9.17, 15) is 19.2 Å². The van der Waals surface area contributed by atoms with Crippen LogP contribution in [0.3, 0.4) is 0 Å². The first-order chi connectivity index (χ1) is 22.7. The molecule has 2 aliphatic rings. The van der Waals surface area contributed by atoms with Crippen LogP contribution in [0.5, 0.6) is 17.2 Å². The second-order valence-electron chi connectivity index (χ2n) is 10.3. The second-order valence-corrected chi connectivity index (χ2v) is 12.4. The van der Waals surface area contributed by atoms with Crippen LogP contribution in [0, 0.1) is 0 Å². The monoisotopic (exact) mass is 689 g/mol. The fourth-order valence-corrected chi connectivity index (χ4v) is 6.44. The number of fused-ring (bicyclic) bond motifs is 1. The number of amides is 4. The number of anilines is 2. The summed E-state index contributed by atoms with van der Waals surface area (Å²) in [6, 6.07) is 23.2. The lowest BCUT2D eigenvalue weighted by Gasteiger charge is -2.17. The van der Waals surface area contributed by atoms with Crippen LogP contribution in [-0.4, -0.2) is 42.8 Å². The van der Waals surface area contributed by atoms with Gasteiger partial charge in [-0.3, -0.25) is 19.2 Å². The summed E-state index contributed by atoms with van der Waals surface area (Å²) in [6.45, 7) is 0.0261. The van der Waals surface area contributed by atoms with Gasteiger partial charge in [-0.2, -0.15) is 0 Å². The van der Waals surface area contributed by atoms with E-state index in [-0.39, 0.29) is 29.6 Å². The number of methoxy groups -OCH3 is 1. The minimum atomic E-state index is -0.717. The van der Waals surface area contributed by atoms with E-state index >= 15 is 0 Å². The molecule has 0 radical (unpaired) electrons. The predicted molar refractivity (Wildman–Crippen MR) is 179 cm³/mol. The molecule has 47 heavy (non-hydrogen) atoms. The molecule has 4 aromatic carbocycles. The van der Waals surface area contributed by atoms with E-state index in [1.165, 1.54) is 37.1 Å². The zero-order valence-electron chi connectivity index (χ0n) is 24.6.